The van der Waals surface area contributed by atoms with Gasteiger partial charge in [0.15, 0.2) is 5.69 Å². The van der Waals surface area contributed by atoms with Crippen LogP contribution in [0.1, 0.15) is 31.3 Å². The Morgan fingerprint density at radius 3 is 2.64 bits per heavy atom. The molecule has 0 saturated carbocycles. The van der Waals surface area contributed by atoms with Gasteiger partial charge in [-0.25, -0.2) is 9.78 Å². The summed E-state index contributed by atoms with van der Waals surface area (Å²) >= 11 is 1.42. The third kappa shape index (κ3) is 4.43. The molecule has 0 radical (unpaired) electrons. The molecule has 0 atom stereocenters. The minimum atomic E-state index is -0.397. The fraction of sp³-hybridized carbons (Fsp3) is 0.294. The minimum absolute atomic E-state index is 0.275. The fourth-order valence-electron chi connectivity index (χ4n) is 1.72. The zero-order valence-electron chi connectivity index (χ0n) is 13.0. The predicted molar refractivity (Wildman–Crippen MR) is 88.4 cm³/mol. The third-order valence-corrected chi connectivity index (χ3v) is 3.72. The van der Waals surface area contributed by atoms with Gasteiger partial charge in [0.2, 0.25) is 0 Å². The van der Waals surface area contributed by atoms with Crippen LogP contribution >= 0.6 is 11.3 Å². The molecule has 0 N–H and O–H groups in total. The number of benzene rings is 1. The summed E-state index contributed by atoms with van der Waals surface area (Å²) in [5.41, 5.74) is 2.41. The molecule has 0 aliphatic heterocycles. The Morgan fingerprint density at radius 1 is 1.27 bits per heavy atom. The normalized spacial score (nSPS) is 10.1. The summed E-state index contributed by atoms with van der Waals surface area (Å²) in [5.74, 6) is 0.426. The molecule has 1 aromatic heterocycles. The highest BCUT2D eigenvalue weighted by Gasteiger charge is 2.12. The Labute approximate surface area is 134 Å². The highest BCUT2D eigenvalue weighted by molar-refractivity contribution is 7.13. The van der Waals surface area contributed by atoms with E-state index < -0.39 is 5.97 Å². The number of ether oxygens (including phenoxy) is 2. The first kappa shape index (κ1) is 16.2. The molecule has 0 saturated heterocycles. The summed E-state index contributed by atoms with van der Waals surface area (Å²) in [6.45, 7) is 6.78. The van der Waals surface area contributed by atoms with Crippen LogP contribution in [0, 0.1) is 0 Å². The molecule has 0 amide bonds. The van der Waals surface area contributed by atoms with Gasteiger partial charge in [0.1, 0.15) is 17.4 Å². The molecule has 2 aromatic rings. The second-order valence-electron chi connectivity index (χ2n) is 4.88. The summed E-state index contributed by atoms with van der Waals surface area (Å²) in [7, 11) is 0. The van der Waals surface area contributed by atoms with Crippen LogP contribution in [0.25, 0.3) is 10.6 Å². The van der Waals surface area contributed by atoms with Gasteiger partial charge in [0.05, 0.1) is 6.61 Å². The second kappa shape index (κ2) is 7.75. The molecule has 4 nitrogen and oxygen atoms in total. The van der Waals surface area contributed by atoms with Crippen molar-refractivity contribution in [3.05, 3.63) is 47.0 Å². The van der Waals surface area contributed by atoms with Crippen molar-refractivity contribution < 1.29 is 14.3 Å². The monoisotopic (exact) mass is 317 g/mol. The number of carbonyl (C=O) groups excluding carboxylic acids is 1. The van der Waals surface area contributed by atoms with Gasteiger partial charge in [-0.15, -0.1) is 11.3 Å². The Bertz CT molecular complexity index is 655. The van der Waals surface area contributed by atoms with Gasteiger partial charge < -0.3 is 9.47 Å². The summed E-state index contributed by atoms with van der Waals surface area (Å²) in [6.07, 6.45) is 1.86. The maximum absolute atomic E-state index is 11.9. The van der Waals surface area contributed by atoms with Crippen molar-refractivity contribution in [3.8, 4) is 16.3 Å². The Balaban J connectivity index is 2.04. The van der Waals surface area contributed by atoms with Crippen LogP contribution in [0.5, 0.6) is 5.75 Å². The van der Waals surface area contributed by atoms with E-state index >= 15 is 0 Å². The molecule has 0 aliphatic carbocycles. The molecule has 0 unspecified atom stereocenters. The molecule has 5 heteroatoms. The van der Waals surface area contributed by atoms with E-state index in [1.54, 1.807) is 5.38 Å². The van der Waals surface area contributed by atoms with E-state index in [2.05, 4.69) is 4.98 Å². The van der Waals surface area contributed by atoms with E-state index in [1.165, 1.54) is 11.3 Å². The van der Waals surface area contributed by atoms with Crippen LogP contribution in [0.2, 0.25) is 0 Å². The lowest BCUT2D eigenvalue weighted by atomic mass is 10.2. The van der Waals surface area contributed by atoms with Crippen molar-refractivity contribution in [1.82, 2.24) is 4.98 Å². The number of hydrogen-bond acceptors (Lipinski definition) is 5. The number of rotatable bonds is 6. The average Bonchev–Trinajstić information content (AvgIpc) is 2.98. The number of thiazole rings is 1. The maximum atomic E-state index is 11.9. The lowest BCUT2D eigenvalue weighted by Gasteiger charge is -2.03. The van der Waals surface area contributed by atoms with Crippen molar-refractivity contribution in [2.24, 2.45) is 0 Å². The quantitative estimate of drug-likeness (QED) is 0.587. The molecule has 1 aromatic carbocycles. The largest absolute Gasteiger partial charge is 0.494 e. The molecule has 1 heterocycles. The average molecular weight is 317 g/mol. The number of carbonyl (C=O) groups is 1. The highest BCUT2D eigenvalue weighted by Crippen LogP contribution is 2.26. The second-order valence-corrected chi connectivity index (χ2v) is 5.73. The van der Waals surface area contributed by atoms with Gasteiger partial charge in [-0.05, 0) is 51.1 Å². The van der Waals surface area contributed by atoms with Crippen LogP contribution in [0.4, 0.5) is 0 Å². The molecular formula is C17H19NO3S. The van der Waals surface area contributed by atoms with Gasteiger partial charge >= 0.3 is 5.97 Å². The van der Waals surface area contributed by atoms with Crippen molar-refractivity contribution >= 4 is 17.3 Å². The lowest BCUT2D eigenvalue weighted by molar-refractivity contribution is 0.0543. The van der Waals surface area contributed by atoms with E-state index in [1.807, 2.05) is 51.1 Å². The first-order valence-corrected chi connectivity index (χ1v) is 7.97. The van der Waals surface area contributed by atoms with E-state index in [0.29, 0.717) is 12.3 Å². The molecule has 0 bridgehead atoms. The molecule has 0 fully saturated rings. The molecule has 22 heavy (non-hydrogen) atoms. The Kier molecular flexibility index (Phi) is 5.72. The number of esters is 1. The Morgan fingerprint density at radius 2 is 2.00 bits per heavy atom. The summed E-state index contributed by atoms with van der Waals surface area (Å²) in [4.78, 5) is 16.2. The molecule has 0 spiro atoms. The van der Waals surface area contributed by atoms with E-state index in [-0.39, 0.29) is 6.61 Å². The predicted octanol–water partition coefficient (Wildman–Crippen LogP) is 4.33. The van der Waals surface area contributed by atoms with Crippen molar-refractivity contribution in [1.29, 1.82) is 0 Å². The van der Waals surface area contributed by atoms with Crippen LogP contribution < -0.4 is 4.74 Å². The molecule has 0 aliphatic rings. The van der Waals surface area contributed by atoms with E-state index in [4.69, 9.17) is 9.47 Å². The molecular weight excluding hydrogens is 298 g/mol. The Hall–Kier alpha value is -2.14. The van der Waals surface area contributed by atoms with Gasteiger partial charge in [0, 0.05) is 10.9 Å². The minimum Gasteiger partial charge on any atom is -0.494 e. The van der Waals surface area contributed by atoms with Crippen molar-refractivity contribution in [3.63, 3.8) is 0 Å². The van der Waals surface area contributed by atoms with E-state index in [0.717, 1.165) is 21.9 Å². The third-order valence-electron chi connectivity index (χ3n) is 2.83. The number of aromatic nitrogens is 1. The van der Waals surface area contributed by atoms with Crippen LogP contribution in [-0.4, -0.2) is 24.2 Å². The SMILES string of the molecule is CCOc1ccc(-c2nc(C(=O)OCC=C(C)C)cs2)cc1. The molecule has 116 valence electrons. The van der Waals surface area contributed by atoms with Gasteiger partial charge in [-0.1, -0.05) is 5.57 Å². The van der Waals surface area contributed by atoms with Crippen LogP contribution in [0.3, 0.4) is 0 Å². The van der Waals surface area contributed by atoms with E-state index in [9.17, 15) is 4.79 Å². The van der Waals surface area contributed by atoms with Crippen LogP contribution in [-0.2, 0) is 4.74 Å². The number of hydrogen-bond donors (Lipinski definition) is 0. The zero-order valence-corrected chi connectivity index (χ0v) is 13.8. The first-order valence-electron chi connectivity index (χ1n) is 7.09. The highest BCUT2D eigenvalue weighted by atomic mass is 32.1. The smallest absolute Gasteiger partial charge is 0.358 e. The van der Waals surface area contributed by atoms with Gasteiger partial charge in [0.25, 0.3) is 0 Å². The number of nitrogens with zero attached hydrogens (tertiary/aromatic N) is 1. The first-order chi connectivity index (χ1) is 10.6. The number of allylic oxidation sites excluding steroid dienone is 1. The standard InChI is InChI=1S/C17H19NO3S/c1-4-20-14-7-5-13(6-8-14)16-18-15(11-22-16)17(19)21-10-9-12(2)3/h5-9,11H,4,10H2,1-3H3. The zero-order chi connectivity index (χ0) is 15.9. The maximum Gasteiger partial charge on any atom is 0.358 e. The summed E-state index contributed by atoms with van der Waals surface area (Å²) in [6, 6.07) is 7.66. The van der Waals surface area contributed by atoms with Crippen molar-refractivity contribution in [2.75, 3.05) is 13.2 Å². The lowest BCUT2D eigenvalue weighted by Crippen LogP contribution is -2.05. The summed E-state index contributed by atoms with van der Waals surface area (Å²) in [5, 5.41) is 2.51. The van der Waals surface area contributed by atoms with Crippen LogP contribution in [0.15, 0.2) is 41.3 Å². The fourth-order valence-corrected chi connectivity index (χ4v) is 2.51. The van der Waals surface area contributed by atoms with Crippen molar-refractivity contribution in [2.45, 2.75) is 20.8 Å². The molecule has 2 rings (SSSR count). The van der Waals surface area contributed by atoms with Gasteiger partial charge in [-0.3, -0.25) is 0 Å². The topological polar surface area (TPSA) is 48.4 Å². The summed E-state index contributed by atoms with van der Waals surface area (Å²) < 4.78 is 10.6. The van der Waals surface area contributed by atoms with Gasteiger partial charge in [-0.2, -0.15) is 0 Å².